The minimum atomic E-state index is -2.63. The molecule has 1 N–H and O–H groups in total. The Bertz CT molecular complexity index is 366. The summed E-state index contributed by atoms with van der Waals surface area (Å²) in [5.74, 6) is -0.839. The first-order valence-corrected chi connectivity index (χ1v) is 4.79. The van der Waals surface area contributed by atoms with Crippen molar-refractivity contribution in [2.24, 2.45) is 0 Å². The first kappa shape index (κ1) is 12.6. The van der Waals surface area contributed by atoms with Crippen LogP contribution in [0, 0.1) is 0 Å². The Labute approximate surface area is 91.7 Å². The van der Waals surface area contributed by atoms with E-state index in [1.54, 1.807) is 6.92 Å². The molecule has 1 aromatic rings. The molecule has 0 aliphatic rings. The molecule has 16 heavy (non-hydrogen) atoms. The number of rotatable bonds is 4. The van der Waals surface area contributed by atoms with Crippen LogP contribution in [0.1, 0.15) is 30.6 Å². The molecule has 0 aliphatic carbocycles. The number of halogens is 2. The van der Waals surface area contributed by atoms with Crippen LogP contribution in [0.15, 0.2) is 24.3 Å². The van der Waals surface area contributed by atoms with Crippen molar-refractivity contribution in [3.8, 4) is 0 Å². The van der Waals surface area contributed by atoms with E-state index in [4.69, 9.17) is 0 Å². The number of carbonyl (C=O) groups is 1. The maximum Gasteiger partial charge on any atom is 0.339 e. The van der Waals surface area contributed by atoms with Gasteiger partial charge in [0.2, 0.25) is 0 Å². The number of esters is 1. The molecule has 5 heteroatoms. The summed E-state index contributed by atoms with van der Waals surface area (Å²) in [5.41, 5.74) is -0.128. The van der Waals surface area contributed by atoms with E-state index in [1.165, 1.54) is 18.2 Å². The topological polar surface area (TPSA) is 46.5 Å². The van der Waals surface area contributed by atoms with E-state index in [0.717, 1.165) is 6.07 Å². The van der Waals surface area contributed by atoms with Gasteiger partial charge in [-0.15, -0.1) is 0 Å². The zero-order valence-electron chi connectivity index (χ0n) is 8.69. The SMILES string of the molecule is CCOC(=O)C(O)c1cccc(C(F)F)c1. The van der Waals surface area contributed by atoms with Gasteiger partial charge in [0, 0.05) is 5.56 Å². The lowest BCUT2D eigenvalue weighted by atomic mass is 10.1. The molecule has 0 fully saturated rings. The van der Waals surface area contributed by atoms with E-state index in [0.29, 0.717) is 0 Å². The second-order valence-corrected chi connectivity index (χ2v) is 3.13. The van der Waals surface area contributed by atoms with Crippen LogP contribution in [0.2, 0.25) is 0 Å². The van der Waals surface area contributed by atoms with E-state index in [1.807, 2.05) is 0 Å². The van der Waals surface area contributed by atoms with Gasteiger partial charge in [0.1, 0.15) is 0 Å². The fourth-order valence-electron chi connectivity index (χ4n) is 1.22. The molecule has 1 aromatic carbocycles. The summed E-state index contributed by atoms with van der Waals surface area (Å²) >= 11 is 0. The summed E-state index contributed by atoms with van der Waals surface area (Å²) in [4.78, 5) is 11.2. The minimum Gasteiger partial charge on any atom is -0.464 e. The Morgan fingerprint density at radius 1 is 1.44 bits per heavy atom. The van der Waals surface area contributed by atoms with Gasteiger partial charge in [-0.25, -0.2) is 13.6 Å². The Morgan fingerprint density at radius 2 is 2.06 bits per heavy atom. The molecule has 0 saturated carbocycles. The second-order valence-electron chi connectivity index (χ2n) is 3.13. The first-order valence-electron chi connectivity index (χ1n) is 4.79. The van der Waals surface area contributed by atoms with Gasteiger partial charge in [-0.05, 0) is 18.6 Å². The lowest BCUT2D eigenvalue weighted by Gasteiger charge is -2.10. The highest BCUT2D eigenvalue weighted by Gasteiger charge is 2.19. The molecule has 0 heterocycles. The predicted octanol–water partition coefficient (Wildman–Crippen LogP) is 2.22. The van der Waals surface area contributed by atoms with Crippen molar-refractivity contribution in [3.05, 3.63) is 35.4 Å². The Balaban J connectivity index is 2.87. The largest absolute Gasteiger partial charge is 0.464 e. The van der Waals surface area contributed by atoms with Gasteiger partial charge >= 0.3 is 5.97 Å². The highest BCUT2D eigenvalue weighted by atomic mass is 19.3. The van der Waals surface area contributed by atoms with Crippen LogP contribution in [0.4, 0.5) is 8.78 Å². The van der Waals surface area contributed by atoms with Crippen molar-refractivity contribution in [1.29, 1.82) is 0 Å². The third-order valence-electron chi connectivity index (χ3n) is 1.99. The zero-order chi connectivity index (χ0) is 12.1. The minimum absolute atomic E-state index is 0.108. The van der Waals surface area contributed by atoms with Crippen molar-refractivity contribution in [2.75, 3.05) is 6.61 Å². The lowest BCUT2D eigenvalue weighted by molar-refractivity contribution is -0.153. The van der Waals surface area contributed by atoms with Crippen LogP contribution in [0.3, 0.4) is 0 Å². The lowest BCUT2D eigenvalue weighted by Crippen LogP contribution is -2.15. The summed E-state index contributed by atoms with van der Waals surface area (Å²) < 4.78 is 29.3. The number of benzene rings is 1. The predicted molar refractivity (Wildman–Crippen MR) is 53.0 cm³/mol. The van der Waals surface area contributed by atoms with Gasteiger partial charge in [0.05, 0.1) is 6.61 Å². The molecule has 0 bridgehead atoms. The molecule has 0 aliphatic heterocycles. The molecular weight excluding hydrogens is 218 g/mol. The molecule has 0 saturated heterocycles. The molecule has 0 radical (unpaired) electrons. The highest BCUT2D eigenvalue weighted by molar-refractivity contribution is 5.76. The molecule has 88 valence electrons. The standard InChI is InChI=1S/C11H12F2O3/c1-2-16-11(15)9(14)7-4-3-5-8(6-7)10(12)13/h3-6,9-10,14H,2H2,1H3. The van der Waals surface area contributed by atoms with Crippen LogP contribution in [-0.2, 0) is 9.53 Å². The van der Waals surface area contributed by atoms with E-state index in [-0.39, 0.29) is 17.7 Å². The number of aliphatic hydroxyl groups is 1. The van der Waals surface area contributed by atoms with Crippen molar-refractivity contribution in [3.63, 3.8) is 0 Å². The average Bonchev–Trinajstić information content (AvgIpc) is 2.28. The molecule has 0 spiro atoms. The fourth-order valence-corrected chi connectivity index (χ4v) is 1.22. The Hall–Kier alpha value is -1.49. The molecule has 0 aromatic heterocycles. The van der Waals surface area contributed by atoms with Gasteiger partial charge in [-0.3, -0.25) is 0 Å². The molecule has 1 rings (SSSR count). The summed E-state index contributed by atoms with van der Waals surface area (Å²) in [7, 11) is 0. The number of hydrogen-bond donors (Lipinski definition) is 1. The summed E-state index contributed by atoms with van der Waals surface area (Å²) in [6.07, 6.45) is -4.15. The summed E-state index contributed by atoms with van der Waals surface area (Å²) in [6.45, 7) is 1.73. The smallest absolute Gasteiger partial charge is 0.339 e. The van der Waals surface area contributed by atoms with Crippen LogP contribution in [0.5, 0.6) is 0 Å². The van der Waals surface area contributed by atoms with Crippen LogP contribution in [0.25, 0.3) is 0 Å². The number of hydrogen-bond acceptors (Lipinski definition) is 3. The molecule has 3 nitrogen and oxygen atoms in total. The monoisotopic (exact) mass is 230 g/mol. The second kappa shape index (κ2) is 5.55. The molecular formula is C11H12F2O3. The van der Waals surface area contributed by atoms with Crippen molar-refractivity contribution >= 4 is 5.97 Å². The summed E-state index contributed by atoms with van der Waals surface area (Å²) in [6, 6.07) is 5.07. The van der Waals surface area contributed by atoms with Gasteiger partial charge in [0.25, 0.3) is 6.43 Å². The van der Waals surface area contributed by atoms with E-state index >= 15 is 0 Å². The van der Waals surface area contributed by atoms with E-state index in [9.17, 15) is 18.7 Å². The summed E-state index contributed by atoms with van der Waals surface area (Å²) in [5, 5.41) is 9.51. The number of ether oxygens (including phenoxy) is 1. The number of alkyl halides is 2. The average molecular weight is 230 g/mol. The van der Waals surface area contributed by atoms with E-state index < -0.39 is 18.5 Å². The van der Waals surface area contributed by atoms with Gasteiger partial charge in [-0.2, -0.15) is 0 Å². The van der Waals surface area contributed by atoms with Gasteiger partial charge < -0.3 is 9.84 Å². The van der Waals surface area contributed by atoms with Crippen LogP contribution < -0.4 is 0 Å². The van der Waals surface area contributed by atoms with E-state index in [2.05, 4.69) is 4.74 Å². The Kier molecular flexibility index (Phi) is 4.37. The highest BCUT2D eigenvalue weighted by Crippen LogP contribution is 2.23. The van der Waals surface area contributed by atoms with Crippen molar-refractivity contribution in [1.82, 2.24) is 0 Å². The normalized spacial score (nSPS) is 12.6. The third-order valence-corrected chi connectivity index (χ3v) is 1.99. The van der Waals surface area contributed by atoms with Gasteiger partial charge in [-0.1, -0.05) is 18.2 Å². The quantitative estimate of drug-likeness (QED) is 0.807. The van der Waals surface area contributed by atoms with Crippen LogP contribution in [-0.4, -0.2) is 17.7 Å². The van der Waals surface area contributed by atoms with Crippen LogP contribution >= 0.6 is 0 Å². The zero-order valence-corrected chi connectivity index (χ0v) is 8.69. The first-order chi connectivity index (χ1) is 7.56. The fraction of sp³-hybridized carbons (Fsp3) is 0.364. The molecule has 1 atom stereocenters. The Morgan fingerprint density at radius 3 is 2.62 bits per heavy atom. The molecule has 1 unspecified atom stereocenters. The van der Waals surface area contributed by atoms with Crippen molar-refractivity contribution < 1.29 is 23.4 Å². The number of carbonyl (C=O) groups excluding carboxylic acids is 1. The molecule has 0 amide bonds. The number of aliphatic hydroxyl groups excluding tert-OH is 1. The maximum atomic E-state index is 12.4. The van der Waals surface area contributed by atoms with Crippen molar-refractivity contribution in [2.45, 2.75) is 19.5 Å². The van der Waals surface area contributed by atoms with Gasteiger partial charge in [0.15, 0.2) is 6.10 Å². The maximum absolute atomic E-state index is 12.4. The third kappa shape index (κ3) is 3.00.